The van der Waals surface area contributed by atoms with Crippen molar-refractivity contribution in [1.29, 1.82) is 5.26 Å². The Morgan fingerprint density at radius 1 is 1.00 bits per heavy atom. The first-order valence-electron chi connectivity index (χ1n) is 8.53. The van der Waals surface area contributed by atoms with E-state index in [4.69, 9.17) is 5.26 Å². The fourth-order valence-electron chi connectivity index (χ4n) is 2.67. The summed E-state index contributed by atoms with van der Waals surface area (Å²) in [6.07, 6.45) is 3.35. The van der Waals surface area contributed by atoms with Crippen molar-refractivity contribution in [2.75, 3.05) is 4.90 Å². The average Bonchev–Trinajstić information content (AvgIpc) is 3.04. The maximum atomic E-state index is 13.1. The fraction of sp³-hybridized carbons (Fsp3) is 0. The van der Waals surface area contributed by atoms with Gasteiger partial charge in [-0.1, -0.05) is 42.5 Å². The number of nitriles is 1. The second-order valence-electron chi connectivity index (χ2n) is 5.91. The van der Waals surface area contributed by atoms with E-state index in [9.17, 15) is 4.79 Å². The number of amidine groups is 1. The molecule has 134 valence electrons. The zero-order chi connectivity index (χ0) is 19.3. The molecule has 0 bridgehead atoms. The van der Waals surface area contributed by atoms with E-state index in [0.29, 0.717) is 15.8 Å². The van der Waals surface area contributed by atoms with Gasteiger partial charge in [0, 0.05) is 6.20 Å². The van der Waals surface area contributed by atoms with Gasteiger partial charge in [-0.05, 0) is 53.7 Å². The molecular weight excluding hydrogens is 368 g/mol. The first-order chi connectivity index (χ1) is 13.7. The standard InChI is InChI=1S/C22H14N4OS/c23-14-18-12-11-16(15-24-18)13-20-21(27)26(19-9-5-2-6-10-19)22(28-20)25-17-7-3-1-4-8-17/h1-13,15H/b20-13-,25-22?. The van der Waals surface area contributed by atoms with Crippen LogP contribution in [0.25, 0.3) is 6.08 Å². The Balaban J connectivity index is 1.74. The topological polar surface area (TPSA) is 69.3 Å². The summed E-state index contributed by atoms with van der Waals surface area (Å²) in [6.45, 7) is 0. The normalized spacial score (nSPS) is 16.5. The summed E-state index contributed by atoms with van der Waals surface area (Å²) in [6, 6.07) is 24.4. The zero-order valence-corrected chi connectivity index (χ0v) is 15.5. The lowest BCUT2D eigenvalue weighted by Gasteiger charge is -2.15. The Morgan fingerprint density at radius 3 is 2.36 bits per heavy atom. The van der Waals surface area contributed by atoms with E-state index in [1.54, 1.807) is 29.3 Å². The largest absolute Gasteiger partial charge is 0.271 e. The summed E-state index contributed by atoms with van der Waals surface area (Å²) in [7, 11) is 0. The number of hydrogen-bond donors (Lipinski definition) is 0. The lowest BCUT2D eigenvalue weighted by molar-refractivity contribution is -0.113. The minimum absolute atomic E-state index is 0.143. The molecule has 1 aliphatic heterocycles. The minimum atomic E-state index is -0.143. The lowest BCUT2D eigenvalue weighted by Crippen LogP contribution is -2.28. The van der Waals surface area contributed by atoms with E-state index < -0.39 is 0 Å². The number of anilines is 1. The van der Waals surface area contributed by atoms with Crippen molar-refractivity contribution < 1.29 is 4.79 Å². The van der Waals surface area contributed by atoms with E-state index in [1.165, 1.54) is 11.8 Å². The molecule has 0 radical (unpaired) electrons. The third kappa shape index (κ3) is 3.70. The van der Waals surface area contributed by atoms with Crippen LogP contribution in [0.15, 0.2) is 88.9 Å². The number of carbonyl (C=O) groups is 1. The smallest absolute Gasteiger partial charge is 0.268 e. The molecule has 0 atom stereocenters. The number of amides is 1. The molecule has 0 N–H and O–H groups in total. The molecule has 2 heterocycles. The number of benzene rings is 2. The molecule has 0 unspecified atom stereocenters. The molecule has 1 aliphatic rings. The van der Waals surface area contributed by atoms with Gasteiger partial charge < -0.3 is 0 Å². The molecule has 1 aromatic heterocycles. The SMILES string of the molecule is N#Cc1ccc(/C=C2\SC(=Nc3ccccc3)N(c3ccccc3)C2=O)cn1. The minimum Gasteiger partial charge on any atom is -0.268 e. The second kappa shape index (κ2) is 7.91. The number of nitrogens with zero attached hydrogens (tertiary/aromatic N) is 4. The number of hydrogen-bond acceptors (Lipinski definition) is 5. The Kier molecular flexibility index (Phi) is 5.00. The van der Waals surface area contributed by atoms with Crippen LogP contribution in [0.3, 0.4) is 0 Å². The van der Waals surface area contributed by atoms with Crippen LogP contribution in [0.2, 0.25) is 0 Å². The summed E-state index contributed by atoms with van der Waals surface area (Å²) in [4.78, 5) is 24.0. The lowest BCUT2D eigenvalue weighted by atomic mass is 10.2. The number of rotatable bonds is 3. The molecule has 1 amide bonds. The van der Waals surface area contributed by atoms with E-state index in [0.717, 1.165) is 16.9 Å². The molecule has 28 heavy (non-hydrogen) atoms. The second-order valence-corrected chi connectivity index (χ2v) is 6.91. The quantitative estimate of drug-likeness (QED) is 0.612. The predicted molar refractivity (Wildman–Crippen MR) is 112 cm³/mol. The van der Waals surface area contributed by atoms with Crippen molar-refractivity contribution in [3.63, 3.8) is 0 Å². The van der Waals surface area contributed by atoms with E-state index >= 15 is 0 Å². The summed E-state index contributed by atoms with van der Waals surface area (Å²) in [5.41, 5.74) is 2.63. The van der Waals surface area contributed by atoms with Crippen LogP contribution < -0.4 is 4.90 Å². The van der Waals surface area contributed by atoms with Gasteiger partial charge in [-0.25, -0.2) is 9.98 Å². The van der Waals surface area contributed by atoms with Gasteiger partial charge in [-0.15, -0.1) is 0 Å². The molecular formula is C22H14N4OS. The number of aromatic nitrogens is 1. The molecule has 4 rings (SSSR count). The van der Waals surface area contributed by atoms with Crippen LogP contribution in [0, 0.1) is 11.3 Å². The van der Waals surface area contributed by atoms with E-state index in [1.807, 2.05) is 66.7 Å². The fourth-order valence-corrected chi connectivity index (χ4v) is 3.68. The molecule has 0 aliphatic carbocycles. The van der Waals surface area contributed by atoms with E-state index in [2.05, 4.69) is 9.98 Å². The molecule has 2 aromatic carbocycles. The first-order valence-corrected chi connectivity index (χ1v) is 9.35. The van der Waals surface area contributed by atoms with Crippen molar-refractivity contribution in [3.05, 3.63) is 95.2 Å². The molecule has 1 saturated heterocycles. The maximum Gasteiger partial charge on any atom is 0.271 e. The Morgan fingerprint density at radius 2 is 1.71 bits per heavy atom. The molecule has 3 aromatic rings. The number of pyridine rings is 1. The van der Waals surface area contributed by atoms with Crippen molar-refractivity contribution in [2.24, 2.45) is 4.99 Å². The highest BCUT2D eigenvalue weighted by atomic mass is 32.2. The van der Waals surface area contributed by atoms with Crippen molar-refractivity contribution in [3.8, 4) is 6.07 Å². The third-order valence-corrected chi connectivity index (χ3v) is 4.97. The summed E-state index contributed by atoms with van der Waals surface area (Å²) in [5, 5.41) is 9.47. The molecule has 0 spiro atoms. The van der Waals surface area contributed by atoms with Gasteiger partial charge in [0.05, 0.1) is 16.3 Å². The Hall–Kier alpha value is -3.69. The van der Waals surface area contributed by atoms with Gasteiger partial charge in [-0.3, -0.25) is 9.69 Å². The van der Waals surface area contributed by atoms with Crippen LogP contribution in [-0.4, -0.2) is 16.1 Å². The van der Waals surface area contributed by atoms with Crippen LogP contribution >= 0.6 is 11.8 Å². The molecule has 1 fully saturated rings. The number of para-hydroxylation sites is 2. The van der Waals surface area contributed by atoms with Crippen molar-refractivity contribution in [2.45, 2.75) is 0 Å². The van der Waals surface area contributed by atoms with Crippen LogP contribution in [0.4, 0.5) is 11.4 Å². The number of thioether (sulfide) groups is 1. The van der Waals surface area contributed by atoms with Gasteiger partial charge >= 0.3 is 0 Å². The third-order valence-electron chi connectivity index (χ3n) is 4.00. The molecule has 0 saturated carbocycles. The van der Waals surface area contributed by atoms with E-state index in [-0.39, 0.29) is 5.91 Å². The predicted octanol–water partition coefficient (Wildman–Crippen LogP) is 4.76. The van der Waals surface area contributed by atoms with Crippen molar-refractivity contribution in [1.82, 2.24) is 4.98 Å². The average molecular weight is 382 g/mol. The molecule has 6 heteroatoms. The summed E-state index contributed by atoms with van der Waals surface area (Å²) >= 11 is 1.32. The summed E-state index contributed by atoms with van der Waals surface area (Å²) in [5.74, 6) is -0.143. The Labute approximate surface area is 166 Å². The van der Waals surface area contributed by atoms with Crippen LogP contribution in [0.5, 0.6) is 0 Å². The molecule has 5 nitrogen and oxygen atoms in total. The first kappa shape index (κ1) is 17.7. The van der Waals surface area contributed by atoms with Gasteiger partial charge in [0.15, 0.2) is 5.17 Å². The summed E-state index contributed by atoms with van der Waals surface area (Å²) < 4.78 is 0. The van der Waals surface area contributed by atoms with Crippen LogP contribution in [-0.2, 0) is 4.79 Å². The maximum absolute atomic E-state index is 13.1. The highest BCUT2D eigenvalue weighted by Gasteiger charge is 2.34. The number of carbonyl (C=O) groups excluding carboxylic acids is 1. The monoisotopic (exact) mass is 382 g/mol. The van der Waals surface area contributed by atoms with Gasteiger partial charge in [0.1, 0.15) is 11.8 Å². The Bertz CT molecular complexity index is 1100. The highest BCUT2D eigenvalue weighted by Crippen LogP contribution is 2.37. The van der Waals surface area contributed by atoms with Crippen LogP contribution in [0.1, 0.15) is 11.3 Å². The van der Waals surface area contributed by atoms with Crippen molar-refractivity contribution >= 4 is 40.3 Å². The van der Waals surface area contributed by atoms with Gasteiger partial charge in [0.25, 0.3) is 5.91 Å². The zero-order valence-electron chi connectivity index (χ0n) is 14.7. The van der Waals surface area contributed by atoms with Gasteiger partial charge in [0.2, 0.25) is 0 Å². The number of aliphatic imine (C=N–C) groups is 1. The highest BCUT2D eigenvalue weighted by molar-refractivity contribution is 8.19. The van der Waals surface area contributed by atoms with Gasteiger partial charge in [-0.2, -0.15) is 5.26 Å².